The van der Waals surface area contributed by atoms with Crippen molar-refractivity contribution in [3.63, 3.8) is 0 Å². The maximum Gasteiger partial charge on any atom is 0.284 e. The van der Waals surface area contributed by atoms with E-state index in [1.807, 2.05) is 50.5 Å². The molecule has 1 aliphatic rings. The molecule has 9 heteroatoms. The number of amides is 1. The number of hydrogen-bond acceptors (Lipinski definition) is 7. The van der Waals surface area contributed by atoms with Gasteiger partial charge in [0.15, 0.2) is 0 Å². The number of phenolic OH excluding ortho intramolecular Hbond substituents is 1. The highest BCUT2D eigenvalue weighted by atomic mass is 32.1. The summed E-state index contributed by atoms with van der Waals surface area (Å²) in [6.07, 6.45) is 3.56. The Morgan fingerprint density at radius 2 is 1.97 bits per heavy atom. The summed E-state index contributed by atoms with van der Waals surface area (Å²) in [6, 6.07) is 18.6. The summed E-state index contributed by atoms with van der Waals surface area (Å²) >= 11 is 1.35. The molecule has 1 atom stereocenters. The van der Waals surface area contributed by atoms with Crippen LogP contribution >= 0.6 is 11.3 Å². The molecule has 5 rings (SSSR count). The fourth-order valence-corrected chi connectivity index (χ4v) is 5.51. The number of thiophene rings is 1. The predicted octanol–water partition coefficient (Wildman–Crippen LogP) is 5.72. The van der Waals surface area contributed by atoms with Gasteiger partial charge in [-0.2, -0.15) is 5.10 Å². The highest BCUT2D eigenvalue weighted by Crippen LogP contribution is 2.40. The number of rotatable bonds is 9. The van der Waals surface area contributed by atoms with Crippen molar-refractivity contribution in [2.75, 3.05) is 27.2 Å². The van der Waals surface area contributed by atoms with Gasteiger partial charge < -0.3 is 14.7 Å². The van der Waals surface area contributed by atoms with E-state index >= 15 is 0 Å². The Kier molecular flexibility index (Phi) is 8.11. The molecule has 2 aromatic carbocycles. The quantitative estimate of drug-likeness (QED) is 0.273. The lowest BCUT2D eigenvalue weighted by Crippen LogP contribution is -2.27. The van der Waals surface area contributed by atoms with Gasteiger partial charge in [-0.3, -0.25) is 9.78 Å². The standard InChI is InChI=1S/C30H29FN4O3S/c1-34(2)15-16-38-19-21-7-3-4-9-22(21)27-12-13-28(39-27)30(37)35-25(29-23(31)10-5-11-26(29)36)17-24(33-35)20-8-6-14-32-18-20/h3-14,18,25,36H,15-17,19H2,1-2H3. The third-order valence-electron chi connectivity index (χ3n) is 6.52. The van der Waals surface area contributed by atoms with E-state index < -0.39 is 11.9 Å². The summed E-state index contributed by atoms with van der Waals surface area (Å²) in [4.78, 5) is 21.4. The maximum atomic E-state index is 14.9. The molecule has 0 bridgehead atoms. The molecular weight excluding hydrogens is 515 g/mol. The van der Waals surface area contributed by atoms with Crippen molar-refractivity contribution in [1.29, 1.82) is 0 Å². The van der Waals surface area contributed by atoms with Crippen molar-refractivity contribution in [3.8, 4) is 16.2 Å². The first kappa shape index (κ1) is 26.7. The van der Waals surface area contributed by atoms with Crippen LogP contribution in [0.25, 0.3) is 10.4 Å². The Balaban J connectivity index is 1.44. The summed E-state index contributed by atoms with van der Waals surface area (Å²) in [7, 11) is 4.01. The molecule has 2 aromatic heterocycles. The maximum absolute atomic E-state index is 14.9. The summed E-state index contributed by atoms with van der Waals surface area (Å²) < 4.78 is 20.8. The van der Waals surface area contributed by atoms with Crippen molar-refractivity contribution < 1.29 is 19.0 Å². The van der Waals surface area contributed by atoms with E-state index in [1.165, 1.54) is 34.5 Å². The van der Waals surface area contributed by atoms with Crippen LogP contribution in [0.3, 0.4) is 0 Å². The number of nitrogens with zero attached hydrogens (tertiary/aromatic N) is 4. The van der Waals surface area contributed by atoms with E-state index in [1.54, 1.807) is 24.5 Å². The second kappa shape index (κ2) is 11.9. The number of aromatic hydroxyl groups is 1. The van der Waals surface area contributed by atoms with Crippen LogP contribution in [0.2, 0.25) is 0 Å². The number of carbonyl (C=O) groups excluding carboxylic acids is 1. The Bertz CT molecular complexity index is 1470. The average molecular weight is 545 g/mol. The van der Waals surface area contributed by atoms with Crippen LogP contribution in [0.5, 0.6) is 5.75 Å². The van der Waals surface area contributed by atoms with E-state index in [0.717, 1.165) is 28.1 Å². The van der Waals surface area contributed by atoms with Crippen molar-refractivity contribution >= 4 is 23.0 Å². The zero-order valence-corrected chi connectivity index (χ0v) is 22.6. The molecule has 1 aliphatic heterocycles. The van der Waals surface area contributed by atoms with Crippen LogP contribution in [0.15, 0.2) is 84.2 Å². The van der Waals surface area contributed by atoms with Gasteiger partial charge in [0.25, 0.3) is 5.91 Å². The minimum Gasteiger partial charge on any atom is -0.507 e. The smallest absolute Gasteiger partial charge is 0.284 e. The molecule has 1 amide bonds. The van der Waals surface area contributed by atoms with Crippen molar-refractivity contribution in [1.82, 2.24) is 14.9 Å². The predicted molar refractivity (Wildman–Crippen MR) is 150 cm³/mol. The van der Waals surface area contributed by atoms with Gasteiger partial charge in [0.05, 0.1) is 35.4 Å². The highest BCUT2D eigenvalue weighted by molar-refractivity contribution is 7.17. The second-order valence-corrected chi connectivity index (χ2v) is 10.6. The topological polar surface area (TPSA) is 78.3 Å². The third kappa shape index (κ3) is 5.90. The second-order valence-electron chi connectivity index (χ2n) is 9.51. The van der Waals surface area contributed by atoms with Gasteiger partial charge in [-0.25, -0.2) is 9.40 Å². The Labute approximate surface area is 230 Å². The van der Waals surface area contributed by atoms with Crippen LogP contribution in [-0.4, -0.2) is 58.9 Å². The lowest BCUT2D eigenvalue weighted by molar-refractivity contribution is 0.0712. The van der Waals surface area contributed by atoms with E-state index in [9.17, 15) is 14.3 Å². The molecule has 4 aromatic rings. The molecule has 0 radical (unpaired) electrons. The van der Waals surface area contributed by atoms with E-state index in [2.05, 4.69) is 15.0 Å². The number of aromatic nitrogens is 1. The number of ether oxygens (including phenoxy) is 1. The van der Waals surface area contributed by atoms with Gasteiger partial charge in [0, 0.05) is 35.8 Å². The number of pyridine rings is 1. The van der Waals surface area contributed by atoms with Crippen LogP contribution < -0.4 is 0 Å². The Morgan fingerprint density at radius 3 is 2.74 bits per heavy atom. The van der Waals surface area contributed by atoms with Crippen LogP contribution in [0.4, 0.5) is 4.39 Å². The lowest BCUT2D eigenvalue weighted by atomic mass is 9.97. The normalized spacial score (nSPS) is 15.1. The minimum atomic E-state index is -0.795. The molecule has 0 spiro atoms. The molecule has 7 nitrogen and oxygen atoms in total. The number of hydrazone groups is 1. The fraction of sp³-hybridized carbons (Fsp3) is 0.233. The molecule has 200 valence electrons. The number of halogens is 1. The fourth-order valence-electron chi connectivity index (χ4n) is 4.51. The molecule has 3 heterocycles. The van der Waals surface area contributed by atoms with Crippen LogP contribution in [0, 0.1) is 5.82 Å². The largest absolute Gasteiger partial charge is 0.507 e. The molecule has 0 saturated heterocycles. The van der Waals surface area contributed by atoms with Gasteiger partial charge in [0.2, 0.25) is 0 Å². The number of likely N-dealkylation sites (N-methyl/N-ethyl adjacent to an activating group) is 1. The first-order valence-electron chi connectivity index (χ1n) is 12.6. The average Bonchev–Trinajstić information content (AvgIpc) is 3.60. The van der Waals surface area contributed by atoms with Crippen LogP contribution in [-0.2, 0) is 11.3 Å². The first-order chi connectivity index (χ1) is 18.9. The Morgan fingerprint density at radius 1 is 1.13 bits per heavy atom. The summed E-state index contributed by atoms with van der Waals surface area (Å²) in [5.41, 5.74) is 3.41. The molecule has 0 saturated carbocycles. The zero-order chi connectivity index (χ0) is 27.4. The van der Waals surface area contributed by atoms with Gasteiger partial charge in [-0.05, 0) is 55.6 Å². The van der Waals surface area contributed by atoms with Gasteiger partial charge in [0.1, 0.15) is 11.6 Å². The van der Waals surface area contributed by atoms with E-state index in [-0.39, 0.29) is 23.6 Å². The van der Waals surface area contributed by atoms with Gasteiger partial charge in [-0.15, -0.1) is 11.3 Å². The van der Waals surface area contributed by atoms with Gasteiger partial charge >= 0.3 is 0 Å². The molecule has 1 N–H and O–H groups in total. The molecule has 39 heavy (non-hydrogen) atoms. The molecule has 1 unspecified atom stereocenters. The summed E-state index contributed by atoms with van der Waals surface area (Å²) in [5, 5.41) is 16.4. The Hall–Kier alpha value is -3.92. The van der Waals surface area contributed by atoms with E-state index in [4.69, 9.17) is 4.74 Å². The van der Waals surface area contributed by atoms with Crippen LogP contribution in [0.1, 0.15) is 38.8 Å². The highest BCUT2D eigenvalue weighted by Gasteiger charge is 2.37. The van der Waals surface area contributed by atoms with Crippen molar-refractivity contribution in [2.45, 2.75) is 19.1 Å². The molecule has 0 aliphatic carbocycles. The zero-order valence-electron chi connectivity index (χ0n) is 21.8. The number of carbonyl (C=O) groups is 1. The van der Waals surface area contributed by atoms with Crippen molar-refractivity contribution in [2.24, 2.45) is 5.10 Å². The molecular formula is C30H29FN4O3S. The van der Waals surface area contributed by atoms with E-state index in [0.29, 0.717) is 23.8 Å². The molecule has 0 fully saturated rings. The minimum absolute atomic E-state index is 0.0467. The number of benzene rings is 2. The van der Waals surface area contributed by atoms with Gasteiger partial charge in [-0.1, -0.05) is 36.4 Å². The number of hydrogen-bond donors (Lipinski definition) is 1. The first-order valence-corrected chi connectivity index (χ1v) is 13.4. The number of phenols is 1. The van der Waals surface area contributed by atoms with Crippen molar-refractivity contribution in [3.05, 3.63) is 107 Å². The summed E-state index contributed by atoms with van der Waals surface area (Å²) in [5.74, 6) is -1.16. The lowest BCUT2D eigenvalue weighted by Gasteiger charge is -2.22. The monoisotopic (exact) mass is 544 g/mol. The summed E-state index contributed by atoms with van der Waals surface area (Å²) in [6.45, 7) is 1.91. The SMILES string of the molecule is CN(C)CCOCc1ccccc1-c1ccc(C(=O)N2N=C(c3cccnc3)CC2c2c(O)cccc2F)s1. The third-order valence-corrected chi connectivity index (χ3v) is 7.62.